The van der Waals surface area contributed by atoms with Crippen molar-refractivity contribution in [3.63, 3.8) is 0 Å². The van der Waals surface area contributed by atoms with Crippen molar-refractivity contribution in [2.24, 2.45) is 5.92 Å². The van der Waals surface area contributed by atoms with Crippen LogP contribution in [0.5, 0.6) is 0 Å². The zero-order valence-corrected chi connectivity index (χ0v) is 11.3. The quantitative estimate of drug-likeness (QED) is 0.726. The smallest absolute Gasteiger partial charge is 0.308 e. The molecule has 0 bridgehead atoms. The lowest BCUT2D eigenvalue weighted by atomic mass is 9.93. The molecule has 2 unspecified atom stereocenters. The van der Waals surface area contributed by atoms with Crippen LogP contribution in [0.2, 0.25) is 0 Å². The molecule has 0 aromatic carbocycles. The molecule has 1 rings (SSSR count). The van der Waals surface area contributed by atoms with Gasteiger partial charge >= 0.3 is 5.97 Å². The summed E-state index contributed by atoms with van der Waals surface area (Å²) in [6, 6.07) is 0.273. The molecule has 3 heteroatoms. The zero-order valence-electron chi connectivity index (χ0n) is 11.3. The van der Waals surface area contributed by atoms with Gasteiger partial charge in [0.05, 0.1) is 5.92 Å². The second kappa shape index (κ2) is 7.70. The van der Waals surface area contributed by atoms with Crippen molar-refractivity contribution >= 4 is 5.97 Å². The Morgan fingerprint density at radius 1 is 1.12 bits per heavy atom. The van der Waals surface area contributed by atoms with E-state index in [1.54, 1.807) is 0 Å². The van der Waals surface area contributed by atoms with Crippen LogP contribution in [0.4, 0.5) is 0 Å². The minimum absolute atomic E-state index is 0.143. The third-order valence-corrected chi connectivity index (χ3v) is 3.79. The molecule has 17 heavy (non-hydrogen) atoms. The van der Waals surface area contributed by atoms with Crippen LogP contribution in [0, 0.1) is 5.92 Å². The monoisotopic (exact) mass is 241 g/mol. The lowest BCUT2D eigenvalue weighted by Gasteiger charge is -2.34. The van der Waals surface area contributed by atoms with E-state index in [0.29, 0.717) is 0 Å². The minimum Gasteiger partial charge on any atom is -0.481 e. The van der Waals surface area contributed by atoms with Gasteiger partial charge in [0.15, 0.2) is 0 Å². The summed E-state index contributed by atoms with van der Waals surface area (Å²) >= 11 is 0. The van der Waals surface area contributed by atoms with Crippen LogP contribution in [0.15, 0.2) is 0 Å². The summed E-state index contributed by atoms with van der Waals surface area (Å²) < 4.78 is 0. The maximum atomic E-state index is 11.4. The molecule has 1 saturated carbocycles. The van der Waals surface area contributed by atoms with Crippen molar-refractivity contribution in [3.8, 4) is 0 Å². The van der Waals surface area contributed by atoms with Gasteiger partial charge in [-0.25, -0.2) is 0 Å². The van der Waals surface area contributed by atoms with E-state index in [-0.39, 0.29) is 12.0 Å². The third-order valence-electron chi connectivity index (χ3n) is 3.79. The Morgan fingerprint density at radius 3 is 2.24 bits per heavy atom. The number of hydrogen-bond donors (Lipinski definition) is 1. The van der Waals surface area contributed by atoms with Crippen molar-refractivity contribution in [3.05, 3.63) is 0 Å². The number of hydrogen-bond acceptors (Lipinski definition) is 2. The first-order valence-electron chi connectivity index (χ1n) is 7.17. The van der Waals surface area contributed by atoms with Gasteiger partial charge in [-0.3, -0.25) is 9.69 Å². The van der Waals surface area contributed by atoms with Crippen molar-refractivity contribution in [2.45, 2.75) is 64.8 Å². The molecule has 1 aliphatic carbocycles. The Labute approximate surface area is 105 Å². The average Bonchev–Trinajstić information content (AvgIpc) is 2.54. The van der Waals surface area contributed by atoms with E-state index in [4.69, 9.17) is 0 Å². The Balaban J connectivity index is 2.73. The summed E-state index contributed by atoms with van der Waals surface area (Å²) in [4.78, 5) is 13.8. The molecule has 0 spiro atoms. The molecule has 1 aliphatic rings. The molecule has 1 N–H and O–H groups in total. The summed E-state index contributed by atoms with van der Waals surface area (Å²) in [7, 11) is 0. The predicted octanol–water partition coefficient (Wildman–Crippen LogP) is 3.14. The van der Waals surface area contributed by atoms with Crippen LogP contribution in [0.25, 0.3) is 0 Å². The second-order valence-electron chi connectivity index (χ2n) is 5.19. The van der Waals surface area contributed by atoms with Gasteiger partial charge in [0.25, 0.3) is 0 Å². The third kappa shape index (κ3) is 4.30. The predicted molar refractivity (Wildman–Crippen MR) is 70.2 cm³/mol. The summed E-state index contributed by atoms with van der Waals surface area (Å²) in [5.74, 6) is -0.732. The highest BCUT2D eigenvalue weighted by molar-refractivity contribution is 5.70. The van der Waals surface area contributed by atoms with Gasteiger partial charge < -0.3 is 5.11 Å². The Kier molecular flexibility index (Phi) is 6.56. The van der Waals surface area contributed by atoms with Crippen molar-refractivity contribution in [1.29, 1.82) is 0 Å². The molecule has 1 fully saturated rings. The summed E-state index contributed by atoms with van der Waals surface area (Å²) in [5, 5.41) is 9.39. The van der Waals surface area contributed by atoms with Gasteiger partial charge in [-0.2, -0.15) is 0 Å². The first-order chi connectivity index (χ1) is 8.20. The molecule has 0 aliphatic heterocycles. The highest BCUT2D eigenvalue weighted by Crippen LogP contribution is 2.28. The van der Waals surface area contributed by atoms with Crippen molar-refractivity contribution in [2.75, 3.05) is 13.1 Å². The largest absolute Gasteiger partial charge is 0.481 e. The molecule has 0 amide bonds. The topological polar surface area (TPSA) is 40.5 Å². The normalized spacial score (nSPS) is 25.8. The number of carboxylic acids is 1. The molecule has 3 nitrogen and oxygen atoms in total. The van der Waals surface area contributed by atoms with E-state index in [1.165, 1.54) is 12.8 Å². The van der Waals surface area contributed by atoms with Crippen LogP contribution in [-0.2, 0) is 4.79 Å². The van der Waals surface area contributed by atoms with E-state index in [0.717, 1.165) is 45.2 Å². The van der Waals surface area contributed by atoms with Crippen LogP contribution >= 0.6 is 0 Å². The first-order valence-corrected chi connectivity index (χ1v) is 7.17. The molecule has 0 aromatic heterocycles. The van der Waals surface area contributed by atoms with Gasteiger partial charge in [0, 0.05) is 6.04 Å². The fourth-order valence-corrected chi connectivity index (χ4v) is 3.03. The van der Waals surface area contributed by atoms with Crippen molar-refractivity contribution in [1.82, 2.24) is 4.90 Å². The van der Waals surface area contributed by atoms with Gasteiger partial charge in [-0.15, -0.1) is 0 Å². The summed E-state index contributed by atoms with van der Waals surface area (Å²) in [6.45, 7) is 6.44. The van der Waals surface area contributed by atoms with Gasteiger partial charge in [-0.05, 0) is 38.8 Å². The van der Waals surface area contributed by atoms with Gasteiger partial charge in [0.1, 0.15) is 0 Å². The number of aliphatic carboxylic acids is 1. The van der Waals surface area contributed by atoms with E-state index >= 15 is 0 Å². The van der Waals surface area contributed by atoms with Crippen LogP contribution in [-0.4, -0.2) is 35.1 Å². The molecule has 0 radical (unpaired) electrons. The Bertz CT molecular complexity index is 224. The Hall–Kier alpha value is -0.570. The van der Waals surface area contributed by atoms with Gasteiger partial charge in [-0.1, -0.05) is 33.1 Å². The van der Waals surface area contributed by atoms with Crippen molar-refractivity contribution < 1.29 is 9.90 Å². The minimum atomic E-state index is -0.589. The Morgan fingerprint density at radius 2 is 1.71 bits per heavy atom. The maximum absolute atomic E-state index is 11.4. The maximum Gasteiger partial charge on any atom is 0.308 e. The zero-order chi connectivity index (χ0) is 12.7. The number of rotatable bonds is 6. The number of carbonyl (C=O) groups is 1. The molecule has 0 saturated heterocycles. The summed E-state index contributed by atoms with van der Waals surface area (Å²) in [5.41, 5.74) is 0. The second-order valence-corrected chi connectivity index (χ2v) is 5.19. The molecule has 2 atom stereocenters. The molecule has 0 aromatic rings. The van der Waals surface area contributed by atoms with E-state index in [2.05, 4.69) is 18.7 Å². The summed E-state index contributed by atoms with van der Waals surface area (Å²) in [6.07, 6.45) is 7.64. The molecular formula is C14H27NO2. The number of nitrogens with zero attached hydrogens (tertiary/aromatic N) is 1. The highest BCUT2D eigenvalue weighted by atomic mass is 16.4. The standard InChI is InChI=1S/C14H27NO2/c1-3-10-15(11-4-2)13-9-7-5-6-8-12(13)14(16)17/h12-13H,3-11H2,1-2H3,(H,16,17). The fraction of sp³-hybridized carbons (Fsp3) is 0.929. The van der Waals surface area contributed by atoms with Crippen LogP contribution in [0.1, 0.15) is 58.8 Å². The molecular weight excluding hydrogens is 214 g/mol. The van der Waals surface area contributed by atoms with E-state index < -0.39 is 5.97 Å². The lowest BCUT2D eigenvalue weighted by molar-refractivity contribution is -0.144. The van der Waals surface area contributed by atoms with E-state index in [1.807, 2.05) is 0 Å². The molecule has 100 valence electrons. The van der Waals surface area contributed by atoms with Crippen LogP contribution < -0.4 is 0 Å². The molecule has 0 heterocycles. The first kappa shape index (κ1) is 14.5. The van der Waals surface area contributed by atoms with Gasteiger partial charge in [0.2, 0.25) is 0 Å². The SMILES string of the molecule is CCCN(CCC)C1CCCCCC1C(=O)O. The highest BCUT2D eigenvalue weighted by Gasteiger charge is 2.32. The average molecular weight is 241 g/mol. The lowest BCUT2D eigenvalue weighted by Crippen LogP contribution is -2.44. The number of carboxylic acid groups (broad SMARTS) is 1. The fourth-order valence-electron chi connectivity index (χ4n) is 3.03. The van der Waals surface area contributed by atoms with E-state index in [9.17, 15) is 9.90 Å². The van der Waals surface area contributed by atoms with Crippen LogP contribution in [0.3, 0.4) is 0 Å².